The van der Waals surface area contributed by atoms with Crippen LogP contribution >= 0.6 is 0 Å². The Bertz CT molecular complexity index is 479. The number of hydrogen-bond donors (Lipinski definition) is 0. The van der Waals surface area contributed by atoms with E-state index in [2.05, 4.69) is 52.0 Å². The lowest BCUT2D eigenvalue weighted by Crippen LogP contribution is -2.34. The van der Waals surface area contributed by atoms with Crippen LogP contribution in [0.25, 0.3) is 0 Å². The second kappa shape index (κ2) is 5.36. The lowest BCUT2D eigenvalue weighted by Gasteiger charge is -2.34. The van der Waals surface area contributed by atoms with Gasteiger partial charge < -0.3 is 4.65 Å². The van der Waals surface area contributed by atoms with Gasteiger partial charge in [-0.3, -0.25) is 4.79 Å². The van der Waals surface area contributed by atoms with Gasteiger partial charge in [-0.25, -0.2) is 0 Å². The van der Waals surface area contributed by atoms with Gasteiger partial charge in [0.25, 0.3) is 0 Å². The molecule has 0 spiro atoms. The zero-order valence-electron chi connectivity index (χ0n) is 13.3. The highest BCUT2D eigenvalue weighted by atomic mass is 16.5. The Labute approximate surface area is 123 Å². The van der Waals surface area contributed by atoms with Crippen molar-refractivity contribution < 1.29 is 9.45 Å². The van der Waals surface area contributed by atoms with Gasteiger partial charge in [-0.2, -0.15) is 0 Å². The van der Waals surface area contributed by atoms with Crippen LogP contribution in [0.2, 0.25) is 6.32 Å². The van der Waals surface area contributed by atoms with E-state index in [4.69, 9.17) is 4.65 Å². The van der Waals surface area contributed by atoms with E-state index >= 15 is 0 Å². The molecule has 0 unspecified atom stereocenters. The van der Waals surface area contributed by atoms with Gasteiger partial charge >= 0.3 is 6.92 Å². The molecule has 1 aliphatic carbocycles. The highest BCUT2D eigenvalue weighted by molar-refractivity contribution is 6.62. The van der Waals surface area contributed by atoms with Crippen LogP contribution in [0.4, 0.5) is 0 Å². The first kappa shape index (κ1) is 15.3. The summed E-state index contributed by atoms with van der Waals surface area (Å²) >= 11 is 0. The standard InChI is InChI=1S/C17H25BO2/c1-13(19)11-14-7-6-8-15(10-9-14)18-12-16(2,3)17(4,5)20-18/h7-10H,6,11-12H2,1-5H3. The second-order valence-corrected chi connectivity index (χ2v) is 7.14. The zero-order chi connectivity index (χ0) is 15.0. The Morgan fingerprint density at radius 1 is 1.25 bits per heavy atom. The summed E-state index contributed by atoms with van der Waals surface area (Å²) in [4.78, 5) is 11.2. The highest BCUT2D eigenvalue weighted by Crippen LogP contribution is 2.47. The maximum absolute atomic E-state index is 11.2. The summed E-state index contributed by atoms with van der Waals surface area (Å²) in [6.45, 7) is 10.7. The molecule has 0 atom stereocenters. The molecule has 108 valence electrons. The number of allylic oxidation sites excluding steroid dienone is 6. The molecule has 2 aliphatic rings. The highest BCUT2D eigenvalue weighted by Gasteiger charge is 2.49. The van der Waals surface area contributed by atoms with Gasteiger partial charge in [-0.15, -0.1) is 0 Å². The van der Waals surface area contributed by atoms with Crippen LogP contribution in [-0.4, -0.2) is 18.3 Å². The maximum Gasteiger partial charge on any atom is 0.327 e. The van der Waals surface area contributed by atoms with Gasteiger partial charge in [0.1, 0.15) is 5.78 Å². The van der Waals surface area contributed by atoms with Gasteiger partial charge in [0.05, 0.1) is 5.60 Å². The molecule has 0 radical (unpaired) electrons. The summed E-state index contributed by atoms with van der Waals surface area (Å²) in [6.07, 6.45) is 11.0. The largest absolute Gasteiger partial charge is 0.426 e. The van der Waals surface area contributed by atoms with Crippen LogP contribution in [0.15, 0.2) is 35.3 Å². The monoisotopic (exact) mass is 272 g/mol. The van der Waals surface area contributed by atoms with Crippen molar-refractivity contribution in [3.63, 3.8) is 0 Å². The molecule has 0 aromatic carbocycles. The normalized spacial score (nSPS) is 24.1. The molecule has 0 aromatic heterocycles. The molecule has 2 rings (SSSR count). The van der Waals surface area contributed by atoms with Crippen LogP contribution in [-0.2, 0) is 9.45 Å². The van der Waals surface area contributed by atoms with Crippen LogP contribution in [0.1, 0.15) is 47.5 Å². The third-order valence-electron chi connectivity index (χ3n) is 4.81. The Morgan fingerprint density at radius 3 is 2.50 bits per heavy atom. The first-order valence-corrected chi connectivity index (χ1v) is 7.46. The number of ketones is 1. The predicted octanol–water partition coefficient (Wildman–Crippen LogP) is 4.14. The molecule has 3 heteroatoms. The minimum Gasteiger partial charge on any atom is -0.426 e. The van der Waals surface area contributed by atoms with Crippen molar-refractivity contribution in [3.05, 3.63) is 35.3 Å². The summed E-state index contributed by atoms with van der Waals surface area (Å²) in [5, 5.41) is 0. The fraction of sp³-hybridized carbons (Fsp3) is 0.588. The minimum atomic E-state index is -0.103. The average molecular weight is 272 g/mol. The molecule has 2 nitrogen and oxygen atoms in total. The summed E-state index contributed by atoms with van der Waals surface area (Å²) in [7, 11) is 0. The Balaban J connectivity index is 2.10. The molecular weight excluding hydrogens is 247 g/mol. The van der Waals surface area contributed by atoms with Gasteiger partial charge in [0.2, 0.25) is 0 Å². The Hall–Kier alpha value is -1.09. The smallest absolute Gasteiger partial charge is 0.327 e. The fourth-order valence-electron chi connectivity index (χ4n) is 2.80. The maximum atomic E-state index is 11.2. The van der Waals surface area contributed by atoms with Crippen molar-refractivity contribution in [2.75, 3.05) is 0 Å². The fourth-order valence-corrected chi connectivity index (χ4v) is 2.80. The van der Waals surface area contributed by atoms with Crippen molar-refractivity contribution in [3.8, 4) is 0 Å². The van der Waals surface area contributed by atoms with Gasteiger partial charge in [0, 0.05) is 6.42 Å². The van der Waals surface area contributed by atoms with Crippen LogP contribution < -0.4 is 0 Å². The van der Waals surface area contributed by atoms with Gasteiger partial charge in [-0.05, 0) is 44.5 Å². The molecule has 0 N–H and O–H groups in total. The minimum absolute atomic E-state index is 0.103. The Morgan fingerprint density at radius 2 is 1.95 bits per heavy atom. The van der Waals surface area contributed by atoms with Gasteiger partial charge in [0.15, 0.2) is 0 Å². The molecule has 20 heavy (non-hydrogen) atoms. The molecule has 0 amide bonds. The van der Waals surface area contributed by atoms with E-state index in [0.717, 1.165) is 18.3 Å². The summed E-state index contributed by atoms with van der Waals surface area (Å²) in [5.41, 5.74) is 2.43. The molecule has 0 saturated carbocycles. The van der Waals surface area contributed by atoms with Crippen LogP contribution in [0.5, 0.6) is 0 Å². The SMILES string of the molecule is CC(=O)CC1=CCC=C(B2CC(C)(C)C(C)(C)O2)C=C1. The van der Waals surface area contributed by atoms with Crippen molar-refractivity contribution >= 4 is 12.7 Å². The molecule has 1 aliphatic heterocycles. The number of Topliss-reactive ketones (excluding diaryl/α,β-unsaturated/α-hetero) is 1. The molecule has 1 saturated heterocycles. The van der Waals surface area contributed by atoms with Crippen LogP contribution in [0.3, 0.4) is 0 Å². The first-order chi connectivity index (χ1) is 9.21. The van der Waals surface area contributed by atoms with Crippen molar-refractivity contribution in [2.24, 2.45) is 5.41 Å². The van der Waals surface area contributed by atoms with E-state index in [1.54, 1.807) is 6.92 Å². The van der Waals surface area contributed by atoms with E-state index in [9.17, 15) is 4.79 Å². The predicted molar refractivity (Wildman–Crippen MR) is 84.7 cm³/mol. The van der Waals surface area contributed by atoms with Crippen LogP contribution in [0, 0.1) is 5.41 Å². The molecule has 0 aromatic rings. The molecule has 1 heterocycles. The van der Waals surface area contributed by atoms with Crippen molar-refractivity contribution in [1.82, 2.24) is 0 Å². The second-order valence-electron chi connectivity index (χ2n) is 7.14. The van der Waals surface area contributed by atoms with E-state index in [1.807, 2.05) is 0 Å². The van der Waals surface area contributed by atoms with E-state index in [1.165, 1.54) is 5.47 Å². The van der Waals surface area contributed by atoms with Gasteiger partial charge in [-0.1, -0.05) is 43.6 Å². The van der Waals surface area contributed by atoms with Crippen molar-refractivity contribution in [1.29, 1.82) is 0 Å². The lowest BCUT2D eigenvalue weighted by molar-refractivity contribution is -0.116. The van der Waals surface area contributed by atoms with E-state index in [-0.39, 0.29) is 23.7 Å². The summed E-state index contributed by atoms with van der Waals surface area (Å²) < 4.78 is 6.27. The average Bonchev–Trinajstić information content (AvgIpc) is 2.48. The number of carbonyl (C=O) groups excluding carboxylic acids is 1. The third kappa shape index (κ3) is 3.14. The third-order valence-corrected chi connectivity index (χ3v) is 4.81. The zero-order valence-corrected chi connectivity index (χ0v) is 13.3. The number of rotatable bonds is 3. The van der Waals surface area contributed by atoms with E-state index < -0.39 is 0 Å². The lowest BCUT2D eigenvalue weighted by atomic mass is 9.53. The topological polar surface area (TPSA) is 26.3 Å². The summed E-state index contributed by atoms with van der Waals surface area (Å²) in [6, 6.07) is 0. The molecule has 0 bridgehead atoms. The number of carbonyl (C=O) groups is 1. The molecule has 1 fully saturated rings. The molecular formula is C17H25BO2. The van der Waals surface area contributed by atoms with E-state index in [0.29, 0.717) is 6.42 Å². The first-order valence-electron chi connectivity index (χ1n) is 7.46. The summed E-state index contributed by atoms with van der Waals surface area (Å²) in [5.74, 6) is 0.212. The van der Waals surface area contributed by atoms with Crippen molar-refractivity contribution in [2.45, 2.75) is 59.4 Å². The quantitative estimate of drug-likeness (QED) is 0.721. The number of hydrogen-bond acceptors (Lipinski definition) is 2. The Kier molecular flexibility index (Phi) is 4.10.